The van der Waals surface area contributed by atoms with E-state index in [2.05, 4.69) is 5.32 Å². The van der Waals surface area contributed by atoms with E-state index >= 15 is 0 Å². The third-order valence-electron chi connectivity index (χ3n) is 3.75. The van der Waals surface area contributed by atoms with Crippen molar-refractivity contribution in [2.24, 2.45) is 0 Å². The van der Waals surface area contributed by atoms with E-state index in [1.165, 1.54) is 0 Å². The Kier molecular flexibility index (Phi) is 5.60. The van der Waals surface area contributed by atoms with E-state index in [-0.39, 0.29) is 18.5 Å². The van der Waals surface area contributed by atoms with E-state index in [0.29, 0.717) is 12.8 Å². The number of hydrogen-bond donors (Lipinski definition) is 2. The van der Waals surface area contributed by atoms with Crippen LogP contribution >= 0.6 is 0 Å². The summed E-state index contributed by atoms with van der Waals surface area (Å²) in [6.45, 7) is 1.59. The number of carbonyl (C=O) groups excluding carboxylic acids is 1. The van der Waals surface area contributed by atoms with Gasteiger partial charge in [-0.1, -0.05) is 30.3 Å². The van der Waals surface area contributed by atoms with Crippen LogP contribution in [0.4, 0.5) is 4.79 Å². The molecule has 5 nitrogen and oxygen atoms in total. The Labute approximate surface area is 125 Å². The molecule has 1 fully saturated rings. The lowest BCUT2D eigenvalue weighted by Crippen LogP contribution is -2.44. The molecular formula is C16H22N2O3. The van der Waals surface area contributed by atoms with Crippen molar-refractivity contribution in [1.29, 1.82) is 0 Å². The summed E-state index contributed by atoms with van der Waals surface area (Å²) >= 11 is 0. The number of benzene rings is 1. The Hall–Kier alpha value is -2.04. The average Bonchev–Trinajstić information content (AvgIpc) is 3.00. The zero-order chi connectivity index (χ0) is 15.1. The monoisotopic (exact) mass is 290 g/mol. The molecule has 21 heavy (non-hydrogen) atoms. The molecule has 1 aromatic rings. The van der Waals surface area contributed by atoms with E-state index in [1.807, 2.05) is 30.3 Å². The number of carboxylic acids is 1. The van der Waals surface area contributed by atoms with Crippen LogP contribution in [0.2, 0.25) is 0 Å². The van der Waals surface area contributed by atoms with Gasteiger partial charge in [0.15, 0.2) is 0 Å². The second-order valence-corrected chi connectivity index (χ2v) is 5.46. The smallest absolute Gasteiger partial charge is 0.317 e. The maximum atomic E-state index is 12.2. The second kappa shape index (κ2) is 7.67. The van der Waals surface area contributed by atoms with Crippen molar-refractivity contribution in [2.75, 3.05) is 13.1 Å². The first-order valence-electron chi connectivity index (χ1n) is 7.46. The van der Waals surface area contributed by atoms with Crippen LogP contribution in [0.15, 0.2) is 30.3 Å². The molecule has 1 unspecified atom stereocenters. The normalized spacial score (nSPS) is 15.7. The average molecular weight is 290 g/mol. The van der Waals surface area contributed by atoms with Gasteiger partial charge in [-0.15, -0.1) is 0 Å². The van der Waals surface area contributed by atoms with Crippen LogP contribution in [0, 0.1) is 0 Å². The van der Waals surface area contributed by atoms with Crippen molar-refractivity contribution in [2.45, 2.75) is 38.1 Å². The number of urea groups is 1. The minimum atomic E-state index is -0.830. The lowest BCUT2D eigenvalue weighted by molar-refractivity contribution is -0.137. The molecule has 0 spiro atoms. The topological polar surface area (TPSA) is 69.6 Å². The Balaban J connectivity index is 1.94. The Morgan fingerprint density at radius 2 is 1.86 bits per heavy atom. The molecule has 2 rings (SSSR count). The molecule has 1 aliphatic rings. The minimum absolute atomic E-state index is 0.0672. The van der Waals surface area contributed by atoms with Crippen LogP contribution in [-0.4, -0.2) is 41.1 Å². The van der Waals surface area contributed by atoms with Gasteiger partial charge < -0.3 is 15.3 Å². The first-order chi connectivity index (χ1) is 10.1. The summed E-state index contributed by atoms with van der Waals surface area (Å²) in [6.07, 6.45) is 3.27. The fourth-order valence-corrected chi connectivity index (χ4v) is 2.61. The first kappa shape index (κ1) is 15.4. The molecular weight excluding hydrogens is 268 g/mol. The van der Waals surface area contributed by atoms with Gasteiger partial charge in [0.2, 0.25) is 0 Å². The molecule has 114 valence electrons. The number of carbonyl (C=O) groups is 2. The molecule has 1 aliphatic heterocycles. The SMILES string of the molecule is O=C(O)CCC(Cc1ccccc1)NC(=O)N1CCCC1. The molecule has 1 saturated heterocycles. The number of hydrogen-bond acceptors (Lipinski definition) is 2. The highest BCUT2D eigenvalue weighted by Crippen LogP contribution is 2.11. The number of amides is 2. The Morgan fingerprint density at radius 1 is 1.19 bits per heavy atom. The summed E-state index contributed by atoms with van der Waals surface area (Å²) in [5.41, 5.74) is 1.11. The molecule has 2 amide bonds. The van der Waals surface area contributed by atoms with Crippen molar-refractivity contribution < 1.29 is 14.7 Å². The van der Waals surface area contributed by atoms with Gasteiger partial charge in [-0.05, 0) is 31.2 Å². The maximum absolute atomic E-state index is 12.2. The number of nitrogens with zero attached hydrogens (tertiary/aromatic N) is 1. The summed E-state index contributed by atoms with van der Waals surface area (Å²) in [7, 11) is 0. The highest BCUT2D eigenvalue weighted by molar-refractivity contribution is 5.75. The van der Waals surface area contributed by atoms with Gasteiger partial charge >= 0.3 is 12.0 Å². The van der Waals surface area contributed by atoms with E-state index in [1.54, 1.807) is 4.90 Å². The zero-order valence-electron chi connectivity index (χ0n) is 12.1. The molecule has 0 bridgehead atoms. The van der Waals surface area contributed by atoms with E-state index in [0.717, 1.165) is 31.5 Å². The van der Waals surface area contributed by atoms with Gasteiger partial charge in [0.05, 0.1) is 0 Å². The molecule has 5 heteroatoms. The van der Waals surface area contributed by atoms with Crippen molar-refractivity contribution in [3.05, 3.63) is 35.9 Å². The number of carboxylic acid groups (broad SMARTS) is 1. The van der Waals surface area contributed by atoms with Crippen molar-refractivity contribution in [1.82, 2.24) is 10.2 Å². The fraction of sp³-hybridized carbons (Fsp3) is 0.500. The molecule has 1 aromatic carbocycles. The number of nitrogens with one attached hydrogen (secondary N) is 1. The molecule has 0 saturated carbocycles. The predicted molar refractivity (Wildman–Crippen MR) is 80.1 cm³/mol. The summed E-state index contributed by atoms with van der Waals surface area (Å²) in [5, 5.41) is 11.8. The first-order valence-corrected chi connectivity index (χ1v) is 7.46. The lowest BCUT2D eigenvalue weighted by atomic mass is 10.0. The second-order valence-electron chi connectivity index (χ2n) is 5.46. The molecule has 1 heterocycles. The lowest BCUT2D eigenvalue weighted by Gasteiger charge is -2.23. The largest absolute Gasteiger partial charge is 0.481 e. The molecule has 2 N–H and O–H groups in total. The maximum Gasteiger partial charge on any atom is 0.317 e. The van der Waals surface area contributed by atoms with E-state index in [4.69, 9.17) is 5.11 Å². The highest BCUT2D eigenvalue weighted by atomic mass is 16.4. The number of rotatable bonds is 6. The highest BCUT2D eigenvalue weighted by Gasteiger charge is 2.21. The summed E-state index contributed by atoms with van der Waals surface area (Å²) in [6, 6.07) is 9.62. The van der Waals surface area contributed by atoms with Gasteiger partial charge in [0.25, 0.3) is 0 Å². The van der Waals surface area contributed by atoms with E-state index in [9.17, 15) is 9.59 Å². The molecule has 1 atom stereocenters. The Bertz CT molecular complexity index is 470. The van der Waals surface area contributed by atoms with Crippen LogP contribution < -0.4 is 5.32 Å². The van der Waals surface area contributed by atoms with E-state index < -0.39 is 5.97 Å². The van der Waals surface area contributed by atoms with Gasteiger partial charge in [0, 0.05) is 25.6 Å². The summed E-state index contributed by atoms with van der Waals surface area (Å²) in [4.78, 5) is 24.7. The summed E-state index contributed by atoms with van der Waals surface area (Å²) in [5.74, 6) is -0.830. The standard InChI is InChI=1S/C16H22N2O3/c19-15(20)9-8-14(12-13-6-2-1-3-7-13)17-16(21)18-10-4-5-11-18/h1-3,6-7,14H,4-5,8-12H2,(H,17,21)(H,19,20). The van der Waals surface area contributed by atoms with Crippen molar-refractivity contribution >= 4 is 12.0 Å². The van der Waals surface area contributed by atoms with Gasteiger partial charge in [0.1, 0.15) is 0 Å². The van der Waals surface area contributed by atoms with Crippen LogP contribution in [0.25, 0.3) is 0 Å². The predicted octanol–water partition coefficient (Wildman–Crippen LogP) is 2.27. The van der Waals surface area contributed by atoms with Gasteiger partial charge in [-0.2, -0.15) is 0 Å². The quantitative estimate of drug-likeness (QED) is 0.844. The number of aliphatic carboxylic acids is 1. The van der Waals surface area contributed by atoms with Crippen LogP contribution in [0.5, 0.6) is 0 Å². The minimum Gasteiger partial charge on any atom is -0.481 e. The van der Waals surface area contributed by atoms with Crippen LogP contribution in [-0.2, 0) is 11.2 Å². The van der Waals surface area contributed by atoms with Crippen molar-refractivity contribution in [3.63, 3.8) is 0 Å². The third-order valence-corrected chi connectivity index (χ3v) is 3.75. The zero-order valence-corrected chi connectivity index (χ0v) is 12.1. The molecule has 0 radical (unpaired) electrons. The van der Waals surface area contributed by atoms with Gasteiger partial charge in [-0.25, -0.2) is 4.79 Å². The molecule has 0 aliphatic carbocycles. The summed E-state index contributed by atoms with van der Waals surface area (Å²) < 4.78 is 0. The fourth-order valence-electron chi connectivity index (χ4n) is 2.61. The Morgan fingerprint density at radius 3 is 2.48 bits per heavy atom. The van der Waals surface area contributed by atoms with Gasteiger partial charge in [-0.3, -0.25) is 4.79 Å². The van der Waals surface area contributed by atoms with Crippen LogP contribution in [0.3, 0.4) is 0 Å². The van der Waals surface area contributed by atoms with Crippen molar-refractivity contribution in [3.8, 4) is 0 Å². The molecule has 0 aromatic heterocycles. The van der Waals surface area contributed by atoms with Crippen LogP contribution in [0.1, 0.15) is 31.2 Å². The number of likely N-dealkylation sites (tertiary alicyclic amines) is 1. The third kappa shape index (κ3) is 5.10.